The van der Waals surface area contributed by atoms with Crippen LogP contribution < -0.4 is 0 Å². The van der Waals surface area contributed by atoms with E-state index < -0.39 is 0 Å². The number of rotatable bonds is 5. The number of aryl methyl sites for hydroxylation is 1. The molecule has 0 amide bonds. The molecule has 1 atom stereocenters. The molecule has 0 aliphatic carbocycles. The molecule has 0 bridgehead atoms. The predicted molar refractivity (Wildman–Crippen MR) is 63.6 cm³/mol. The summed E-state index contributed by atoms with van der Waals surface area (Å²) in [5, 5.41) is 0. The highest BCUT2D eigenvalue weighted by Gasteiger charge is 2.24. The number of hydrogen-bond acceptors (Lipinski definition) is 3. The van der Waals surface area contributed by atoms with Gasteiger partial charge in [0.05, 0.1) is 0 Å². The van der Waals surface area contributed by atoms with Crippen LogP contribution in [0.3, 0.4) is 0 Å². The van der Waals surface area contributed by atoms with Gasteiger partial charge in [-0.2, -0.15) is 0 Å². The van der Waals surface area contributed by atoms with Crippen molar-refractivity contribution in [3.8, 4) is 0 Å². The minimum atomic E-state index is -0.368. The second-order valence-corrected chi connectivity index (χ2v) is 4.17. The molecule has 1 aromatic rings. The summed E-state index contributed by atoms with van der Waals surface area (Å²) in [6, 6.07) is 1.84. The van der Waals surface area contributed by atoms with E-state index in [0.29, 0.717) is 12.2 Å². The molecule has 0 spiro atoms. The molecule has 0 aliphatic rings. The van der Waals surface area contributed by atoms with Crippen molar-refractivity contribution in [3.05, 3.63) is 29.6 Å². The molecule has 1 heterocycles. The van der Waals surface area contributed by atoms with Crippen molar-refractivity contribution in [2.24, 2.45) is 5.92 Å². The average molecular weight is 221 g/mol. The van der Waals surface area contributed by atoms with Crippen LogP contribution in [0.1, 0.15) is 36.7 Å². The molecule has 88 valence electrons. The van der Waals surface area contributed by atoms with Gasteiger partial charge in [-0.15, -0.1) is 0 Å². The summed E-state index contributed by atoms with van der Waals surface area (Å²) in [7, 11) is 0. The van der Waals surface area contributed by atoms with E-state index in [9.17, 15) is 4.79 Å². The molecular formula is C13H19NO2. The third-order valence-electron chi connectivity index (χ3n) is 2.51. The van der Waals surface area contributed by atoms with E-state index in [4.69, 9.17) is 4.74 Å². The minimum Gasteiger partial charge on any atom is -0.370 e. The number of nitrogens with zero attached hydrogens (tertiary/aromatic N) is 1. The Kier molecular flexibility index (Phi) is 4.62. The van der Waals surface area contributed by atoms with E-state index in [0.717, 1.165) is 5.56 Å². The van der Waals surface area contributed by atoms with E-state index in [1.807, 2.05) is 33.8 Å². The number of Topliss-reactive ketones (excluding diaryl/α,β-unsaturated/α-hetero) is 1. The normalized spacial score (nSPS) is 12.8. The summed E-state index contributed by atoms with van der Waals surface area (Å²) in [6.45, 7) is 8.35. The Balaban J connectivity index is 2.95. The Hall–Kier alpha value is -1.22. The topological polar surface area (TPSA) is 39.2 Å². The predicted octanol–water partition coefficient (Wildman–Crippen LogP) is 2.63. The van der Waals surface area contributed by atoms with Gasteiger partial charge in [0.1, 0.15) is 6.10 Å². The van der Waals surface area contributed by atoms with E-state index in [1.54, 1.807) is 12.4 Å². The molecule has 3 nitrogen and oxygen atoms in total. The van der Waals surface area contributed by atoms with Crippen LogP contribution in [-0.2, 0) is 4.74 Å². The maximum absolute atomic E-state index is 12.2. The third-order valence-corrected chi connectivity index (χ3v) is 2.51. The van der Waals surface area contributed by atoms with Gasteiger partial charge < -0.3 is 4.74 Å². The number of carbonyl (C=O) groups is 1. The lowest BCUT2D eigenvalue weighted by Crippen LogP contribution is -2.30. The quantitative estimate of drug-likeness (QED) is 0.717. The highest BCUT2D eigenvalue weighted by atomic mass is 16.5. The van der Waals surface area contributed by atoms with Crippen molar-refractivity contribution >= 4 is 5.78 Å². The fourth-order valence-corrected chi connectivity index (χ4v) is 1.63. The zero-order valence-corrected chi connectivity index (χ0v) is 10.4. The van der Waals surface area contributed by atoms with Gasteiger partial charge in [-0.05, 0) is 31.4 Å². The van der Waals surface area contributed by atoms with Gasteiger partial charge >= 0.3 is 0 Å². The number of ether oxygens (including phenoxy) is 1. The van der Waals surface area contributed by atoms with Gasteiger partial charge in [-0.1, -0.05) is 13.8 Å². The molecule has 0 radical (unpaired) electrons. The monoisotopic (exact) mass is 221 g/mol. The van der Waals surface area contributed by atoms with E-state index in [1.165, 1.54) is 0 Å². The van der Waals surface area contributed by atoms with Gasteiger partial charge in [0.15, 0.2) is 5.78 Å². The van der Waals surface area contributed by atoms with Crippen molar-refractivity contribution in [2.45, 2.75) is 33.8 Å². The Labute approximate surface area is 96.8 Å². The molecule has 0 fully saturated rings. The van der Waals surface area contributed by atoms with Gasteiger partial charge in [-0.3, -0.25) is 9.78 Å². The SMILES string of the molecule is CCOC(C(=O)c1cnccc1C)C(C)C. The number of hydrogen-bond donors (Lipinski definition) is 0. The van der Waals surface area contributed by atoms with E-state index >= 15 is 0 Å². The Bertz CT molecular complexity index is 361. The Morgan fingerprint density at radius 2 is 2.19 bits per heavy atom. The summed E-state index contributed by atoms with van der Waals surface area (Å²) in [5.41, 5.74) is 1.61. The molecule has 0 aromatic carbocycles. The largest absolute Gasteiger partial charge is 0.370 e. The first-order chi connectivity index (χ1) is 7.57. The fourth-order valence-electron chi connectivity index (χ4n) is 1.63. The van der Waals surface area contributed by atoms with Gasteiger partial charge in [0, 0.05) is 24.6 Å². The van der Waals surface area contributed by atoms with Crippen LogP contribution in [0.2, 0.25) is 0 Å². The van der Waals surface area contributed by atoms with E-state index in [-0.39, 0.29) is 17.8 Å². The van der Waals surface area contributed by atoms with Gasteiger partial charge in [0.2, 0.25) is 0 Å². The summed E-state index contributed by atoms with van der Waals surface area (Å²) < 4.78 is 5.50. The number of pyridine rings is 1. The summed E-state index contributed by atoms with van der Waals surface area (Å²) in [6.07, 6.45) is 2.94. The molecule has 0 aliphatic heterocycles. The van der Waals surface area contributed by atoms with Gasteiger partial charge in [0.25, 0.3) is 0 Å². The van der Waals surface area contributed by atoms with Crippen molar-refractivity contribution in [3.63, 3.8) is 0 Å². The van der Waals surface area contributed by atoms with Crippen LogP contribution in [0, 0.1) is 12.8 Å². The molecule has 16 heavy (non-hydrogen) atoms. The first-order valence-electron chi connectivity index (χ1n) is 5.64. The van der Waals surface area contributed by atoms with Crippen molar-refractivity contribution in [2.75, 3.05) is 6.61 Å². The summed E-state index contributed by atoms with van der Waals surface area (Å²) in [4.78, 5) is 16.2. The third kappa shape index (κ3) is 2.89. The molecule has 0 saturated heterocycles. The first kappa shape index (κ1) is 12.8. The second kappa shape index (κ2) is 5.75. The molecule has 0 N–H and O–H groups in total. The lowest BCUT2D eigenvalue weighted by molar-refractivity contribution is 0.0279. The van der Waals surface area contributed by atoms with Crippen molar-refractivity contribution < 1.29 is 9.53 Å². The first-order valence-corrected chi connectivity index (χ1v) is 5.64. The zero-order chi connectivity index (χ0) is 12.1. The molecular weight excluding hydrogens is 202 g/mol. The van der Waals surface area contributed by atoms with E-state index in [2.05, 4.69) is 4.98 Å². The van der Waals surface area contributed by atoms with Crippen LogP contribution in [-0.4, -0.2) is 23.5 Å². The minimum absolute atomic E-state index is 0.0300. The maximum atomic E-state index is 12.2. The standard InChI is InChI=1S/C13H19NO2/c1-5-16-13(9(2)3)12(15)11-8-14-7-6-10(11)4/h6-9,13H,5H2,1-4H3. The lowest BCUT2D eigenvalue weighted by atomic mass is 9.96. The Morgan fingerprint density at radius 1 is 1.50 bits per heavy atom. The molecule has 1 rings (SSSR count). The smallest absolute Gasteiger partial charge is 0.193 e. The highest BCUT2D eigenvalue weighted by molar-refractivity contribution is 6.00. The van der Waals surface area contributed by atoms with Crippen molar-refractivity contribution in [1.29, 1.82) is 0 Å². The summed E-state index contributed by atoms with van der Waals surface area (Å²) >= 11 is 0. The van der Waals surface area contributed by atoms with Crippen LogP contribution in [0.5, 0.6) is 0 Å². The highest BCUT2D eigenvalue weighted by Crippen LogP contribution is 2.16. The number of carbonyl (C=O) groups excluding carboxylic acids is 1. The number of ketones is 1. The van der Waals surface area contributed by atoms with Crippen LogP contribution >= 0.6 is 0 Å². The number of aromatic nitrogens is 1. The molecule has 0 saturated carbocycles. The maximum Gasteiger partial charge on any atom is 0.193 e. The second-order valence-electron chi connectivity index (χ2n) is 4.17. The summed E-state index contributed by atoms with van der Waals surface area (Å²) in [5.74, 6) is 0.203. The lowest BCUT2D eigenvalue weighted by Gasteiger charge is -2.20. The Morgan fingerprint density at radius 3 is 2.69 bits per heavy atom. The van der Waals surface area contributed by atoms with Crippen LogP contribution in [0.15, 0.2) is 18.5 Å². The average Bonchev–Trinajstić information content (AvgIpc) is 2.25. The van der Waals surface area contributed by atoms with Gasteiger partial charge in [-0.25, -0.2) is 0 Å². The molecule has 1 aromatic heterocycles. The van der Waals surface area contributed by atoms with Crippen LogP contribution in [0.25, 0.3) is 0 Å². The fraction of sp³-hybridized carbons (Fsp3) is 0.538. The molecule has 3 heteroatoms. The zero-order valence-electron chi connectivity index (χ0n) is 10.4. The van der Waals surface area contributed by atoms with Crippen LogP contribution in [0.4, 0.5) is 0 Å². The molecule has 1 unspecified atom stereocenters. The van der Waals surface area contributed by atoms with Crippen molar-refractivity contribution in [1.82, 2.24) is 4.98 Å².